The molecular weight excluding hydrogens is 288 g/mol. The van der Waals surface area contributed by atoms with E-state index in [9.17, 15) is 8.42 Å². The lowest BCUT2D eigenvalue weighted by atomic mass is 10.1. The van der Waals surface area contributed by atoms with Crippen molar-refractivity contribution < 1.29 is 13.5 Å². The van der Waals surface area contributed by atoms with Crippen molar-refractivity contribution in [3.63, 3.8) is 0 Å². The Balaban J connectivity index is 2.13. The van der Waals surface area contributed by atoms with Crippen LogP contribution in [0.2, 0.25) is 0 Å². The third-order valence-electron chi connectivity index (χ3n) is 3.46. The smallest absolute Gasteiger partial charge is 0.242 e. The highest BCUT2D eigenvalue weighted by Crippen LogP contribution is 2.34. The second-order valence-corrected chi connectivity index (χ2v) is 6.99. The molecule has 0 saturated heterocycles. The second-order valence-electron chi connectivity index (χ2n) is 5.27. The van der Waals surface area contributed by atoms with Gasteiger partial charge in [-0.05, 0) is 24.8 Å². The Morgan fingerprint density at radius 1 is 1.48 bits per heavy atom. The molecule has 1 unspecified atom stereocenters. The lowest BCUT2D eigenvalue weighted by Gasteiger charge is -2.16. The van der Waals surface area contributed by atoms with Crippen LogP contribution < -0.4 is 4.72 Å². The topological polar surface area (TPSA) is 79.3 Å². The fourth-order valence-corrected chi connectivity index (χ4v) is 3.44. The molecule has 1 aliphatic rings. The maximum Gasteiger partial charge on any atom is 0.242 e. The van der Waals surface area contributed by atoms with Crippen molar-refractivity contribution in [1.29, 1.82) is 0 Å². The van der Waals surface area contributed by atoms with Crippen LogP contribution in [-0.2, 0) is 10.0 Å². The van der Waals surface area contributed by atoms with E-state index in [1.165, 1.54) is 31.3 Å². The monoisotopic (exact) mass is 308 g/mol. The highest BCUT2D eigenvalue weighted by atomic mass is 32.2. The van der Waals surface area contributed by atoms with Crippen molar-refractivity contribution in [3.8, 4) is 11.8 Å². The number of sulfonamides is 1. The molecule has 0 radical (unpaired) electrons. The van der Waals surface area contributed by atoms with Crippen LogP contribution in [0.15, 0.2) is 23.4 Å². The normalized spacial score (nSPS) is 16.1. The Kier molecular flexibility index (Phi) is 5.34. The molecule has 6 heteroatoms. The summed E-state index contributed by atoms with van der Waals surface area (Å²) in [5.41, 5.74) is 0.474. The van der Waals surface area contributed by atoms with Crippen LogP contribution in [0.5, 0.6) is 0 Å². The molecule has 1 aromatic heterocycles. The molecule has 1 fully saturated rings. The minimum absolute atomic E-state index is 0.0327. The highest BCUT2D eigenvalue weighted by molar-refractivity contribution is 7.89. The molecule has 1 heterocycles. The number of hydrogen-bond acceptors (Lipinski definition) is 4. The summed E-state index contributed by atoms with van der Waals surface area (Å²) in [6.07, 6.45) is 6.86. The molecule has 2 N–H and O–H groups in total. The first-order valence-electron chi connectivity index (χ1n) is 7.12. The molecule has 1 aromatic rings. The second kappa shape index (κ2) is 7.03. The van der Waals surface area contributed by atoms with Gasteiger partial charge in [-0.2, -0.15) is 0 Å². The standard InChI is InChI=1S/C15H20N2O3S/c1-2-14(8-12-5-6-12)17-21(19,20)15-9-13(4-3-7-18)10-16-11-15/h9-12,14,17-18H,2,5-8H2,1H3. The average molecular weight is 308 g/mol. The quantitative estimate of drug-likeness (QED) is 0.776. The Labute approximate surface area is 125 Å². The van der Waals surface area contributed by atoms with E-state index in [2.05, 4.69) is 21.5 Å². The molecule has 0 amide bonds. The minimum Gasteiger partial charge on any atom is -0.384 e. The van der Waals surface area contributed by atoms with Crippen LogP contribution in [0.4, 0.5) is 0 Å². The van der Waals surface area contributed by atoms with Crippen LogP contribution in [0.3, 0.4) is 0 Å². The van der Waals surface area contributed by atoms with Gasteiger partial charge >= 0.3 is 0 Å². The van der Waals surface area contributed by atoms with Crippen molar-refractivity contribution in [2.24, 2.45) is 5.92 Å². The predicted octanol–water partition coefficient (Wildman–Crippen LogP) is 1.28. The number of aliphatic hydroxyl groups is 1. The van der Waals surface area contributed by atoms with Crippen molar-refractivity contribution in [2.45, 2.75) is 43.5 Å². The van der Waals surface area contributed by atoms with Gasteiger partial charge in [-0.25, -0.2) is 13.1 Å². The van der Waals surface area contributed by atoms with Gasteiger partial charge in [-0.15, -0.1) is 0 Å². The van der Waals surface area contributed by atoms with Crippen molar-refractivity contribution >= 4 is 10.0 Å². The molecular formula is C15H20N2O3S. The van der Waals surface area contributed by atoms with E-state index in [4.69, 9.17) is 5.11 Å². The first kappa shape index (κ1) is 16.0. The van der Waals surface area contributed by atoms with Gasteiger partial charge in [-0.3, -0.25) is 4.98 Å². The number of aromatic nitrogens is 1. The lowest BCUT2D eigenvalue weighted by molar-refractivity contribution is 0.350. The number of nitrogens with one attached hydrogen (secondary N) is 1. The van der Waals surface area contributed by atoms with Crippen LogP contribution in [0.25, 0.3) is 0 Å². The van der Waals surface area contributed by atoms with E-state index < -0.39 is 10.0 Å². The number of hydrogen-bond donors (Lipinski definition) is 2. The maximum atomic E-state index is 12.4. The Hall–Kier alpha value is -1.42. The zero-order valence-electron chi connectivity index (χ0n) is 12.0. The average Bonchev–Trinajstić information content (AvgIpc) is 3.28. The van der Waals surface area contributed by atoms with Crippen LogP contribution >= 0.6 is 0 Å². The first-order valence-corrected chi connectivity index (χ1v) is 8.60. The molecule has 21 heavy (non-hydrogen) atoms. The van der Waals surface area contributed by atoms with Gasteiger partial charge in [0.05, 0.1) is 0 Å². The van der Waals surface area contributed by atoms with E-state index >= 15 is 0 Å². The minimum atomic E-state index is -3.58. The molecule has 0 bridgehead atoms. The zero-order valence-corrected chi connectivity index (χ0v) is 12.9. The van der Waals surface area contributed by atoms with Gasteiger partial charge in [-0.1, -0.05) is 31.6 Å². The van der Waals surface area contributed by atoms with Gasteiger partial charge in [0, 0.05) is 24.0 Å². The highest BCUT2D eigenvalue weighted by Gasteiger charge is 2.27. The summed E-state index contributed by atoms with van der Waals surface area (Å²) >= 11 is 0. The third-order valence-corrected chi connectivity index (χ3v) is 4.95. The summed E-state index contributed by atoms with van der Waals surface area (Å²) in [4.78, 5) is 4.02. The van der Waals surface area contributed by atoms with Crippen molar-refractivity contribution in [3.05, 3.63) is 24.0 Å². The number of aliphatic hydroxyl groups excluding tert-OH is 1. The molecule has 114 valence electrons. The third kappa shape index (κ3) is 4.81. The van der Waals surface area contributed by atoms with E-state index in [-0.39, 0.29) is 17.5 Å². The Morgan fingerprint density at radius 2 is 2.24 bits per heavy atom. The molecule has 1 atom stereocenters. The molecule has 2 rings (SSSR count). The van der Waals surface area contributed by atoms with Gasteiger partial charge < -0.3 is 5.11 Å². The van der Waals surface area contributed by atoms with Gasteiger partial charge in [0.1, 0.15) is 11.5 Å². The molecule has 1 saturated carbocycles. The van der Waals surface area contributed by atoms with E-state index in [0.29, 0.717) is 11.5 Å². The Bertz CT molecular complexity index is 642. The van der Waals surface area contributed by atoms with Crippen LogP contribution in [-0.4, -0.2) is 31.2 Å². The van der Waals surface area contributed by atoms with E-state index in [1.807, 2.05) is 6.92 Å². The maximum absolute atomic E-state index is 12.4. The fraction of sp³-hybridized carbons (Fsp3) is 0.533. The van der Waals surface area contributed by atoms with E-state index in [1.54, 1.807) is 0 Å². The molecule has 0 aromatic carbocycles. The van der Waals surface area contributed by atoms with Crippen LogP contribution in [0.1, 0.15) is 38.2 Å². The lowest BCUT2D eigenvalue weighted by Crippen LogP contribution is -2.34. The largest absolute Gasteiger partial charge is 0.384 e. The summed E-state index contributed by atoms with van der Waals surface area (Å²) in [5.74, 6) is 5.81. The summed E-state index contributed by atoms with van der Waals surface area (Å²) in [6.45, 7) is 1.71. The summed E-state index contributed by atoms with van der Waals surface area (Å²) in [5, 5.41) is 8.67. The predicted molar refractivity (Wildman–Crippen MR) is 79.9 cm³/mol. The molecule has 0 aliphatic heterocycles. The zero-order chi connectivity index (χ0) is 15.3. The number of nitrogens with zero attached hydrogens (tertiary/aromatic N) is 1. The number of rotatable bonds is 6. The fourth-order valence-electron chi connectivity index (χ4n) is 2.12. The number of pyridine rings is 1. The molecule has 1 aliphatic carbocycles. The van der Waals surface area contributed by atoms with Gasteiger partial charge in [0.25, 0.3) is 0 Å². The van der Waals surface area contributed by atoms with Gasteiger partial charge in [0.15, 0.2) is 0 Å². The summed E-state index contributed by atoms with van der Waals surface area (Å²) in [6, 6.07) is 1.44. The van der Waals surface area contributed by atoms with Gasteiger partial charge in [0.2, 0.25) is 10.0 Å². The molecule has 5 nitrogen and oxygen atoms in total. The molecule has 0 spiro atoms. The van der Waals surface area contributed by atoms with Crippen molar-refractivity contribution in [2.75, 3.05) is 6.61 Å². The van der Waals surface area contributed by atoms with Crippen LogP contribution in [0, 0.1) is 17.8 Å². The summed E-state index contributed by atoms with van der Waals surface area (Å²) in [7, 11) is -3.58. The Morgan fingerprint density at radius 3 is 2.86 bits per heavy atom. The SMILES string of the molecule is CCC(CC1CC1)NS(=O)(=O)c1cncc(C#CCO)c1. The first-order chi connectivity index (χ1) is 10.0. The van der Waals surface area contributed by atoms with E-state index in [0.717, 1.165) is 12.8 Å². The summed E-state index contributed by atoms with van der Waals surface area (Å²) < 4.78 is 27.5. The van der Waals surface area contributed by atoms with Crippen molar-refractivity contribution in [1.82, 2.24) is 9.71 Å².